The van der Waals surface area contributed by atoms with Crippen LogP contribution >= 0.6 is 31.3 Å². The molecule has 0 spiro atoms. The van der Waals surface area contributed by atoms with Gasteiger partial charge in [0.1, 0.15) is 0 Å². The van der Waals surface area contributed by atoms with Crippen molar-refractivity contribution >= 4 is 43.1 Å². The van der Waals surface area contributed by atoms with Gasteiger partial charge in [-0.3, -0.25) is 0 Å². The Hall–Kier alpha value is -3.62. The quantitative estimate of drug-likeness (QED) is 0.0671. The summed E-state index contributed by atoms with van der Waals surface area (Å²) >= 11 is 4.83. The minimum absolute atomic E-state index is 1.22. The molecule has 0 heterocycles. The molecule has 0 nitrogen and oxygen atoms in total. The van der Waals surface area contributed by atoms with E-state index in [1.54, 1.807) is 23.5 Å². The van der Waals surface area contributed by atoms with Crippen LogP contribution in [0.1, 0.15) is 0 Å². The molecule has 6 aromatic rings. The molecular formula is C36H27F6PS3. The van der Waals surface area contributed by atoms with Crippen molar-refractivity contribution in [1.82, 2.24) is 0 Å². The first-order valence-electron chi connectivity index (χ1n) is 13.9. The van der Waals surface area contributed by atoms with Gasteiger partial charge in [-0.15, -0.1) is 0 Å². The number of halogens is 6. The largest absolute Gasteiger partial charge is 0.158 e. The second-order valence-electron chi connectivity index (χ2n) is 10.0. The van der Waals surface area contributed by atoms with E-state index in [1.165, 1.54) is 63.4 Å². The van der Waals surface area contributed by atoms with Gasteiger partial charge in [-0.1, -0.05) is 108 Å². The second kappa shape index (κ2) is 13.6. The maximum absolute atomic E-state index is 10.7. The van der Waals surface area contributed by atoms with Gasteiger partial charge >= 0.3 is 33.0 Å². The molecule has 0 aliphatic rings. The van der Waals surface area contributed by atoms with Gasteiger partial charge in [-0.2, -0.15) is 0 Å². The minimum atomic E-state index is -10.7. The van der Waals surface area contributed by atoms with Crippen molar-refractivity contribution < 1.29 is 25.2 Å². The number of rotatable bonds is 8. The fourth-order valence-corrected chi connectivity index (χ4v) is 6.82. The van der Waals surface area contributed by atoms with Crippen LogP contribution in [0.15, 0.2) is 187 Å². The van der Waals surface area contributed by atoms with Gasteiger partial charge in [0.25, 0.3) is 0 Å². The van der Waals surface area contributed by atoms with E-state index in [-0.39, 0.29) is 0 Å². The van der Waals surface area contributed by atoms with Crippen molar-refractivity contribution in [3.05, 3.63) is 158 Å². The first-order chi connectivity index (χ1) is 21.7. The van der Waals surface area contributed by atoms with Gasteiger partial charge in [0.2, 0.25) is 0 Å². The molecule has 0 aliphatic carbocycles. The van der Waals surface area contributed by atoms with Crippen LogP contribution in [0, 0.1) is 0 Å². The monoisotopic (exact) mass is 700 g/mol. The predicted molar refractivity (Wildman–Crippen MR) is 184 cm³/mol. The fourth-order valence-electron chi connectivity index (χ4n) is 4.29. The topological polar surface area (TPSA) is 0 Å². The van der Waals surface area contributed by atoms with E-state index in [4.69, 9.17) is 0 Å². The Bertz CT molecular complexity index is 1710. The van der Waals surface area contributed by atoms with Crippen molar-refractivity contribution in [1.29, 1.82) is 0 Å². The molecule has 236 valence electrons. The SMILES string of the molecule is F[P-](F)(F)(F)(F)F.c1ccc(-c2ccc(Sc3ccc([SH+]c4ccc(Sc5ccc(-c6ccccc6)cc5)cc4)cc3)cc2)cc1. The Morgan fingerprint density at radius 3 is 0.848 bits per heavy atom. The molecule has 0 radical (unpaired) electrons. The van der Waals surface area contributed by atoms with Crippen LogP contribution in [0.4, 0.5) is 25.2 Å². The fraction of sp³-hybridized carbons (Fsp3) is 0. The maximum Gasteiger partial charge on any atom is 0.158 e. The number of benzene rings is 6. The molecule has 0 atom stereocenters. The van der Waals surface area contributed by atoms with E-state index < -0.39 is 7.81 Å². The molecule has 46 heavy (non-hydrogen) atoms. The van der Waals surface area contributed by atoms with E-state index in [0.29, 0.717) is 0 Å². The van der Waals surface area contributed by atoms with Crippen LogP contribution in [0.2, 0.25) is 0 Å². The normalized spacial score (nSPS) is 12.7. The Morgan fingerprint density at radius 2 is 0.565 bits per heavy atom. The van der Waals surface area contributed by atoms with Crippen molar-refractivity contribution in [3.63, 3.8) is 0 Å². The zero-order valence-electron chi connectivity index (χ0n) is 24.0. The minimum Gasteiger partial charge on any atom is -0.0901 e. The van der Waals surface area contributed by atoms with Crippen molar-refractivity contribution in [3.8, 4) is 22.3 Å². The molecule has 0 fully saturated rings. The predicted octanol–water partition coefficient (Wildman–Crippen LogP) is 13.9. The van der Waals surface area contributed by atoms with Gasteiger partial charge in [0.05, 0.1) is 0 Å². The van der Waals surface area contributed by atoms with Gasteiger partial charge in [0.15, 0.2) is 9.79 Å². The third-order valence-electron chi connectivity index (χ3n) is 6.33. The van der Waals surface area contributed by atoms with Gasteiger partial charge < -0.3 is 0 Å². The average Bonchev–Trinajstić information content (AvgIpc) is 3.03. The van der Waals surface area contributed by atoms with Crippen molar-refractivity contribution in [2.75, 3.05) is 0 Å². The van der Waals surface area contributed by atoms with Crippen LogP contribution in [-0.2, 0) is 11.8 Å². The zero-order valence-corrected chi connectivity index (χ0v) is 27.4. The van der Waals surface area contributed by atoms with Crippen LogP contribution in [-0.4, -0.2) is 0 Å². The van der Waals surface area contributed by atoms with E-state index in [1.807, 2.05) is 0 Å². The summed E-state index contributed by atoms with van der Waals surface area (Å²) in [4.78, 5) is 7.62. The van der Waals surface area contributed by atoms with Crippen molar-refractivity contribution in [2.45, 2.75) is 29.4 Å². The molecule has 0 unspecified atom stereocenters. The summed E-state index contributed by atoms with van der Waals surface area (Å²) < 4.78 is 59.2. The standard InChI is InChI=1S/C36H26S3.F6P/c1-3-7-27(8-4-1)29-11-15-31(16-12-29)37-33-19-23-35(24-20-33)39-36-25-21-34(22-26-36)38-32-17-13-30(14-18-32)28-9-5-2-6-10-28;1-7(2,3,4,5)6/h1-26H;/q;-1/p+1. The second-order valence-corrected chi connectivity index (χ2v) is 15.5. The van der Waals surface area contributed by atoms with Gasteiger partial charge in [-0.25, -0.2) is 0 Å². The smallest absolute Gasteiger partial charge is 0.0901 e. The summed E-state index contributed by atoms with van der Waals surface area (Å²) in [6.45, 7) is 0. The maximum atomic E-state index is 9.87. The Labute approximate surface area is 276 Å². The van der Waals surface area contributed by atoms with Crippen LogP contribution < -0.4 is 0 Å². The Balaban J connectivity index is 0.000000537. The van der Waals surface area contributed by atoms with Crippen LogP contribution in [0.25, 0.3) is 22.3 Å². The van der Waals surface area contributed by atoms with E-state index >= 15 is 0 Å². The molecule has 0 aromatic heterocycles. The number of hydrogen-bond acceptors (Lipinski definition) is 2. The summed E-state index contributed by atoms with van der Waals surface area (Å²) in [5.74, 6) is 0. The molecule has 6 rings (SSSR count). The van der Waals surface area contributed by atoms with E-state index in [9.17, 15) is 25.2 Å². The van der Waals surface area contributed by atoms with Gasteiger partial charge in [-0.05, 0) is 95.1 Å². The van der Waals surface area contributed by atoms with E-state index in [0.717, 1.165) is 0 Å². The summed E-state index contributed by atoms with van der Waals surface area (Å²) in [7, 11) is -10.7. The molecular weight excluding hydrogens is 674 g/mol. The molecule has 0 saturated carbocycles. The van der Waals surface area contributed by atoms with Crippen LogP contribution in [0.5, 0.6) is 0 Å². The summed E-state index contributed by atoms with van der Waals surface area (Å²) in [5.41, 5.74) is 5.00. The number of thiol groups is 1. The number of hydrogen-bond donors (Lipinski definition) is 0. The molecule has 0 amide bonds. The molecule has 0 bridgehead atoms. The Kier molecular flexibility index (Phi) is 9.99. The molecule has 10 heteroatoms. The molecule has 6 aromatic carbocycles. The first-order valence-corrected chi connectivity index (χ1v) is 18.4. The Morgan fingerprint density at radius 1 is 0.326 bits per heavy atom. The average molecular weight is 701 g/mol. The first kappa shape index (κ1) is 33.7. The summed E-state index contributed by atoms with van der Waals surface area (Å²) in [6.07, 6.45) is 0. The van der Waals surface area contributed by atoms with Gasteiger partial charge in [0, 0.05) is 31.3 Å². The summed E-state index contributed by atoms with van der Waals surface area (Å²) in [6, 6.07) is 56.5. The van der Waals surface area contributed by atoms with E-state index in [2.05, 4.69) is 158 Å². The van der Waals surface area contributed by atoms with Crippen molar-refractivity contribution in [2.24, 2.45) is 0 Å². The van der Waals surface area contributed by atoms with Crippen LogP contribution in [0.3, 0.4) is 0 Å². The zero-order chi connectivity index (χ0) is 32.7. The summed E-state index contributed by atoms with van der Waals surface area (Å²) in [5, 5.41) is 0. The molecule has 0 saturated heterocycles. The molecule has 0 N–H and O–H groups in total. The third kappa shape index (κ3) is 12.0. The molecule has 0 aliphatic heterocycles. The third-order valence-corrected chi connectivity index (χ3v) is 9.47.